The summed E-state index contributed by atoms with van der Waals surface area (Å²) in [6, 6.07) is 5.38. The van der Waals surface area contributed by atoms with Crippen molar-refractivity contribution in [3.63, 3.8) is 0 Å². The average Bonchev–Trinajstić information content (AvgIpc) is 2.89. The van der Waals surface area contributed by atoms with Crippen LogP contribution in [0.2, 0.25) is 5.28 Å². The molecule has 3 rings (SSSR count). The Hall–Kier alpha value is -2.67. The van der Waals surface area contributed by atoms with Crippen molar-refractivity contribution in [2.75, 3.05) is 5.73 Å². The summed E-state index contributed by atoms with van der Waals surface area (Å²) in [5.74, 6) is -1.26. The highest BCUT2D eigenvalue weighted by Crippen LogP contribution is 2.32. The van der Waals surface area contributed by atoms with E-state index in [4.69, 9.17) is 22.4 Å². The predicted molar refractivity (Wildman–Crippen MR) is 73.5 cm³/mol. The summed E-state index contributed by atoms with van der Waals surface area (Å²) in [6.45, 7) is 0. The van der Waals surface area contributed by atoms with Crippen LogP contribution < -0.4 is 5.73 Å². The first-order chi connectivity index (χ1) is 9.58. The molecule has 0 saturated heterocycles. The number of carbonyl (C=O) groups is 1. The minimum atomic E-state index is -1.26. The van der Waals surface area contributed by atoms with E-state index in [1.54, 1.807) is 18.3 Å². The molecule has 0 saturated carbocycles. The Morgan fingerprint density at radius 2 is 2.15 bits per heavy atom. The van der Waals surface area contributed by atoms with E-state index in [0.717, 1.165) is 10.9 Å². The van der Waals surface area contributed by atoms with Crippen LogP contribution in [0.1, 0.15) is 10.5 Å². The van der Waals surface area contributed by atoms with Gasteiger partial charge in [0.15, 0.2) is 5.69 Å². The topological polar surface area (TPSA) is 118 Å². The summed E-state index contributed by atoms with van der Waals surface area (Å²) in [6.07, 6.45) is 1.61. The number of halogens is 1. The second kappa shape index (κ2) is 4.46. The third-order valence-corrected chi connectivity index (χ3v) is 3.03. The number of benzene rings is 1. The highest BCUT2D eigenvalue weighted by atomic mass is 35.5. The molecule has 0 aliphatic rings. The second-order valence-electron chi connectivity index (χ2n) is 4.05. The van der Waals surface area contributed by atoms with Crippen molar-refractivity contribution in [3.8, 4) is 11.3 Å². The Morgan fingerprint density at radius 3 is 2.90 bits per heavy atom. The largest absolute Gasteiger partial charge is 0.476 e. The molecule has 3 aromatic rings. The maximum absolute atomic E-state index is 11.1. The van der Waals surface area contributed by atoms with Crippen molar-refractivity contribution < 1.29 is 9.90 Å². The zero-order valence-electron chi connectivity index (χ0n) is 9.96. The SMILES string of the molecule is Nc1c(C(=O)O)nc(Cl)nc1-c1cccc2[nH]ncc12. The van der Waals surface area contributed by atoms with E-state index in [9.17, 15) is 4.79 Å². The van der Waals surface area contributed by atoms with Gasteiger partial charge >= 0.3 is 5.97 Å². The summed E-state index contributed by atoms with van der Waals surface area (Å²) >= 11 is 5.78. The van der Waals surface area contributed by atoms with E-state index in [1.807, 2.05) is 6.07 Å². The lowest BCUT2D eigenvalue weighted by Gasteiger charge is -2.08. The van der Waals surface area contributed by atoms with E-state index < -0.39 is 5.97 Å². The number of hydrogen-bond acceptors (Lipinski definition) is 5. The molecule has 0 aliphatic carbocycles. The third-order valence-electron chi connectivity index (χ3n) is 2.86. The van der Waals surface area contributed by atoms with E-state index >= 15 is 0 Å². The molecule has 0 unspecified atom stereocenters. The fourth-order valence-electron chi connectivity index (χ4n) is 1.99. The van der Waals surface area contributed by atoms with Gasteiger partial charge in [0, 0.05) is 10.9 Å². The van der Waals surface area contributed by atoms with E-state index in [0.29, 0.717) is 5.56 Å². The van der Waals surface area contributed by atoms with Crippen molar-refractivity contribution in [2.45, 2.75) is 0 Å². The van der Waals surface area contributed by atoms with Crippen molar-refractivity contribution >= 4 is 34.2 Å². The number of nitrogen functional groups attached to an aromatic ring is 1. The van der Waals surface area contributed by atoms with E-state index in [2.05, 4.69) is 20.2 Å². The van der Waals surface area contributed by atoms with Crippen molar-refractivity contribution in [1.29, 1.82) is 0 Å². The number of nitrogens with zero attached hydrogens (tertiary/aromatic N) is 3. The van der Waals surface area contributed by atoms with Crippen LogP contribution in [0.5, 0.6) is 0 Å². The molecular formula is C12H8ClN5O2. The number of hydrogen-bond donors (Lipinski definition) is 3. The number of carboxylic acid groups (broad SMARTS) is 1. The molecule has 0 amide bonds. The van der Waals surface area contributed by atoms with Gasteiger partial charge in [-0.3, -0.25) is 5.10 Å². The van der Waals surface area contributed by atoms with Crippen LogP contribution in [-0.2, 0) is 0 Å². The number of H-pyrrole nitrogens is 1. The van der Waals surface area contributed by atoms with Crippen LogP contribution in [0.25, 0.3) is 22.2 Å². The van der Waals surface area contributed by atoms with Crippen LogP contribution in [-0.4, -0.2) is 31.2 Å². The maximum Gasteiger partial charge on any atom is 0.356 e. The van der Waals surface area contributed by atoms with Crippen LogP contribution in [0.15, 0.2) is 24.4 Å². The van der Waals surface area contributed by atoms with Gasteiger partial charge in [-0.05, 0) is 17.7 Å². The van der Waals surface area contributed by atoms with Crippen LogP contribution >= 0.6 is 11.6 Å². The molecule has 4 N–H and O–H groups in total. The molecule has 0 radical (unpaired) electrons. The first-order valence-electron chi connectivity index (χ1n) is 5.56. The Bertz CT molecular complexity index is 830. The number of fused-ring (bicyclic) bond motifs is 1. The Morgan fingerprint density at radius 1 is 1.35 bits per heavy atom. The molecule has 1 aromatic carbocycles. The van der Waals surface area contributed by atoms with Crippen molar-refractivity contribution in [3.05, 3.63) is 35.4 Å². The number of nitrogens with two attached hydrogens (primary N) is 1. The summed E-state index contributed by atoms with van der Waals surface area (Å²) < 4.78 is 0. The number of nitrogens with one attached hydrogen (secondary N) is 1. The smallest absolute Gasteiger partial charge is 0.356 e. The molecule has 20 heavy (non-hydrogen) atoms. The first-order valence-corrected chi connectivity index (χ1v) is 5.94. The molecule has 0 spiro atoms. The minimum absolute atomic E-state index is 0.0319. The maximum atomic E-state index is 11.1. The number of rotatable bonds is 2. The highest BCUT2D eigenvalue weighted by Gasteiger charge is 2.19. The number of carboxylic acids is 1. The number of anilines is 1. The predicted octanol–water partition coefficient (Wildman–Crippen LogP) is 1.95. The van der Waals surface area contributed by atoms with E-state index in [1.165, 1.54) is 0 Å². The molecule has 0 bridgehead atoms. The number of aromatic amines is 1. The van der Waals surface area contributed by atoms with Gasteiger partial charge in [0.25, 0.3) is 0 Å². The van der Waals surface area contributed by atoms with Gasteiger partial charge in [-0.15, -0.1) is 0 Å². The van der Waals surface area contributed by atoms with Crippen molar-refractivity contribution in [2.24, 2.45) is 0 Å². The normalized spacial score (nSPS) is 10.8. The van der Waals surface area contributed by atoms with Gasteiger partial charge < -0.3 is 10.8 Å². The van der Waals surface area contributed by atoms with E-state index in [-0.39, 0.29) is 22.4 Å². The molecule has 0 aliphatic heterocycles. The molecule has 2 heterocycles. The Labute approximate surface area is 117 Å². The van der Waals surface area contributed by atoms with Crippen LogP contribution in [0, 0.1) is 0 Å². The molecule has 8 heteroatoms. The zero-order chi connectivity index (χ0) is 14.3. The van der Waals surface area contributed by atoms with Crippen molar-refractivity contribution in [1.82, 2.24) is 20.2 Å². The fourth-order valence-corrected chi connectivity index (χ4v) is 2.15. The lowest BCUT2D eigenvalue weighted by atomic mass is 10.1. The Balaban J connectivity index is 2.34. The lowest BCUT2D eigenvalue weighted by Crippen LogP contribution is -2.09. The van der Waals surface area contributed by atoms with Gasteiger partial charge in [-0.2, -0.15) is 5.10 Å². The second-order valence-corrected chi connectivity index (χ2v) is 4.38. The number of aromatic carboxylic acids is 1. The molecular weight excluding hydrogens is 282 g/mol. The quantitative estimate of drug-likeness (QED) is 0.621. The first kappa shape index (κ1) is 12.4. The third kappa shape index (κ3) is 1.84. The van der Waals surface area contributed by atoms with Gasteiger partial charge in [0.1, 0.15) is 0 Å². The zero-order valence-corrected chi connectivity index (χ0v) is 10.7. The summed E-state index contributed by atoms with van der Waals surface area (Å²) in [5, 5.41) is 16.4. The lowest BCUT2D eigenvalue weighted by molar-refractivity contribution is 0.0691. The summed E-state index contributed by atoms with van der Waals surface area (Å²) in [7, 11) is 0. The van der Waals surface area contributed by atoms with Gasteiger partial charge in [0.05, 0.1) is 23.1 Å². The Kier molecular flexibility index (Phi) is 2.76. The standard InChI is InChI=1S/C12H8ClN5O2/c13-12-16-9(8(14)10(17-12)11(19)20)5-2-1-3-7-6(5)4-15-18-7/h1-4H,14H2,(H,15,18)(H,19,20). The molecule has 100 valence electrons. The molecule has 0 atom stereocenters. The fraction of sp³-hybridized carbons (Fsp3) is 0. The van der Waals surface area contributed by atoms with Crippen LogP contribution in [0.4, 0.5) is 5.69 Å². The average molecular weight is 290 g/mol. The minimum Gasteiger partial charge on any atom is -0.476 e. The number of aromatic nitrogens is 4. The molecule has 2 aromatic heterocycles. The van der Waals surface area contributed by atoms with Gasteiger partial charge in [0.2, 0.25) is 5.28 Å². The summed E-state index contributed by atoms with van der Waals surface area (Å²) in [5.41, 5.74) is 7.20. The molecule has 7 nitrogen and oxygen atoms in total. The monoisotopic (exact) mass is 289 g/mol. The van der Waals surface area contributed by atoms with Crippen LogP contribution in [0.3, 0.4) is 0 Å². The molecule has 0 fully saturated rings. The highest BCUT2D eigenvalue weighted by molar-refractivity contribution is 6.28. The van der Waals surface area contributed by atoms with Gasteiger partial charge in [-0.1, -0.05) is 12.1 Å². The van der Waals surface area contributed by atoms with Gasteiger partial charge in [-0.25, -0.2) is 14.8 Å². The summed E-state index contributed by atoms with van der Waals surface area (Å²) in [4.78, 5) is 18.8.